The van der Waals surface area contributed by atoms with E-state index < -0.39 is 0 Å². The van der Waals surface area contributed by atoms with E-state index in [-0.39, 0.29) is 5.91 Å². The highest BCUT2D eigenvalue weighted by Crippen LogP contribution is 2.20. The maximum atomic E-state index is 12.2. The minimum absolute atomic E-state index is 0.0285. The first-order chi connectivity index (χ1) is 7.58. The van der Waals surface area contributed by atoms with Crippen LogP contribution in [0.5, 0.6) is 0 Å². The Labute approximate surface area is 103 Å². The lowest BCUT2D eigenvalue weighted by molar-refractivity contribution is 0.0672. The number of hydrogen-bond donors (Lipinski definition) is 1. The van der Waals surface area contributed by atoms with Crippen molar-refractivity contribution in [2.24, 2.45) is 0 Å². The SMILES string of the molecule is CC1CN(C(=O)c2ccoc2Br)CC(C)N1. The van der Waals surface area contributed by atoms with Crippen LogP contribution < -0.4 is 5.32 Å². The van der Waals surface area contributed by atoms with Gasteiger partial charge in [0.2, 0.25) is 0 Å². The molecule has 0 spiro atoms. The molecule has 2 rings (SSSR count). The van der Waals surface area contributed by atoms with Gasteiger partial charge < -0.3 is 14.6 Å². The molecule has 2 unspecified atom stereocenters. The van der Waals surface area contributed by atoms with Gasteiger partial charge in [0.25, 0.3) is 5.91 Å². The van der Waals surface area contributed by atoms with Gasteiger partial charge in [-0.3, -0.25) is 4.79 Å². The maximum Gasteiger partial charge on any atom is 0.258 e. The van der Waals surface area contributed by atoms with E-state index in [2.05, 4.69) is 35.1 Å². The summed E-state index contributed by atoms with van der Waals surface area (Å²) in [5.41, 5.74) is 0.598. The molecule has 1 aliphatic heterocycles. The van der Waals surface area contributed by atoms with Gasteiger partial charge in [-0.25, -0.2) is 0 Å². The molecule has 2 atom stereocenters. The maximum absolute atomic E-state index is 12.2. The second kappa shape index (κ2) is 4.59. The number of piperazine rings is 1. The average Bonchev–Trinajstić information content (AvgIpc) is 2.62. The summed E-state index contributed by atoms with van der Waals surface area (Å²) in [5.74, 6) is 0.0285. The summed E-state index contributed by atoms with van der Waals surface area (Å²) in [7, 11) is 0. The van der Waals surface area contributed by atoms with Crippen molar-refractivity contribution in [1.82, 2.24) is 10.2 Å². The van der Waals surface area contributed by atoms with Gasteiger partial charge >= 0.3 is 0 Å². The van der Waals surface area contributed by atoms with Gasteiger partial charge in [0.15, 0.2) is 4.67 Å². The Kier molecular flexibility index (Phi) is 3.35. The molecule has 1 aromatic rings. The topological polar surface area (TPSA) is 45.5 Å². The highest BCUT2D eigenvalue weighted by molar-refractivity contribution is 9.10. The van der Waals surface area contributed by atoms with E-state index in [9.17, 15) is 4.79 Å². The molecule has 0 bridgehead atoms. The van der Waals surface area contributed by atoms with Crippen molar-refractivity contribution in [2.45, 2.75) is 25.9 Å². The Balaban J connectivity index is 2.13. The number of carbonyl (C=O) groups is 1. The van der Waals surface area contributed by atoms with Gasteiger partial charge in [-0.1, -0.05) is 0 Å². The zero-order valence-electron chi connectivity index (χ0n) is 9.37. The molecule has 1 fully saturated rings. The molecule has 88 valence electrons. The summed E-state index contributed by atoms with van der Waals surface area (Å²) in [4.78, 5) is 14.0. The number of carbonyl (C=O) groups excluding carboxylic acids is 1. The quantitative estimate of drug-likeness (QED) is 0.857. The Hall–Kier alpha value is -0.810. The van der Waals surface area contributed by atoms with Crippen LogP contribution in [0.3, 0.4) is 0 Å². The molecule has 0 aromatic carbocycles. The summed E-state index contributed by atoms with van der Waals surface area (Å²) in [6.45, 7) is 5.64. The normalized spacial score (nSPS) is 25.8. The second-order valence-corrected chi connectivity index (χ2v) is 5.01. The monoisotopic (exact) mass is 286 g/mol. The van der Waals surface area contributed by atoms with Crippen LogP contribution in [0.25, 0.3) is 0 Å². The Morgan fingerprint density at radius 3 is 2.62 bits per heavy atom. The van der Waals surface area contributed by atoms with Gasteiger partial charge in [0.1, 0.15) is 0 Å². The predicted molar refractivity (Wildman–Crippen MR) is 64.4 cm³/mol. The molecule has 0 saturated carbocycles. The number of rotatable bonds is 1. The van der Waals surface area contributed by atoms with E-state index >= 15 is 0 Å². The van der Waals surface area contributed by atoms with Crippen LogP contribution in [0.4, 0.5) is 0 Å². The van der Waals surface area contributed by atoms with Crippen LogP contribution in [0, 0.1) is 0 Å². The van der Waals surface area contributed by atoms with Crippen molar-refractivity contribution < 1.29 is 9.21 Å². The highest BCUT2D eigenvalue weighted by Gasteiger charge is 2.27. The summed E-state index contributed by atoms with van der Waals surface area (Å²) < 4.78 is 5.59. The molecule has 2 heterocycles. The molecule has 1 N–H and O–H groups in total. The smallest absolute Gasteiger partial charge is 0.258 e. The number of nitrogens with zero attached hydrogens (tertiary/aromatic N) is 1. The third-order valence-electron chi connectivity index (χ3n) is 2.69. The number of nitrogens with one attached hydrogen (secondary N) is 1. The molecule has 16 heavy (non-hydrogen) atoms. The Bertz CT molecular complexity index is 381. The Morgan fingerprint density at radius 1 is 1.50 bits per heavy atom. The lowest BCUT2D eigenvalue weighted by Crippen LogP contribution is -2.55. The first kappa shape index (κ1) is 11.7. The molecule has 0 radical (unpaired) electrons. The Morgan fingerprint density at radius 2 is 2.12 bits per heavy atom. The summed E-state index contributed by atoms with van der Waals surface area (Å²) in [6, 6.07) is 2.36. The molecule has 0 aliphatic carbocycles. The van der Waals surface area contributed by atoms with Crippen LogP contribution in [0.2, 0.25) is 0 Å². The fourth-order valence-electron chi connectivity index (χ4n) is 2.11. The van der Waals surface area contributed by atoms with Crippen molar-refractivity contribution in [3.63, 3.8) is 0 Å². The minimum atomic E-state index is 0.0285. The zero-order chi connectivity index (χ0) is 11.7. The van der Waals surface area contributed by atoms with Gasteiger partial charge in [-0.15, -0.1) is 0 Å². The van der Waals surface area contributed by atoms with Gasteiger partial charge in [-0.2, -0.15) is 0 Å². The van der Waals surface area contributed by atoms with Gasteiger partial charge in [0.05, 0.1) is 11.8 Å². The van der Waals surface area contributed by atoms with E-state index in [1.165, 1.54) is 6.26 Å². The number of halogens is 1. The average molecular weight is 287 g/mol. The summed E-state index contributed by atoms with van der Waals surface area (Å²) in [6.07, 6.45) is 1.52. The summed E-state index contributed by atoms with van der Waals surface area (Å²) >= 11 is 3.23. The molecule has 1 aromatic heterocycles. The van der Waals surface area contributed by atoms with Crippen molar-refractivity contribution >= 4 is 21.8 Å². The van der Waals surface area contributed by atoms with E-state index in [4.69, 9.17) is 4.42 Å². The number of furan rings is 1. The van der Waals surface area contributed by atoms with E-state index in [1.807, 2.05) is 4.90 Å². The standard InChI is InChI=1S/C11H15BrN2O2/c1-7-5-14(6-8(2)13-7)11(15)9-3-4-16-10(9)12/h3-4,7-8,13H,5-6H2,1-2H3. The minimum Gasteiger partial charge on any atom is -0.457 e. The van der Waals surface area contributed by atoms with Crippen molar-refractivity contribution in [3.8, 4) is 0 Å². The largest absolute Gasteiger partial charge is 0.457 e. The molecule has 1 saturated heterocycles. The molecule has 1 amide bonds. The lowest BCUT2D eigenvalue weighted by atomic mass is 10.1. The molecule has 5 heteroatoms. The first-order valence-corrected chi connectivity index (χ1v) is 6.15. The fraction of sp³-hybridized carbons (Fsp3) is 0.545. The molecular weight excluding hydrogens is 272 g/mol. The number of hydrogen-bond acceptors (Lipinski definition) is 3. The fourth-order valence-corrected chi connectivity index (χ4v) is 2.52. The summed E-state index contributed by atoms with van der Waals surface area (Å²) in [5, 5.41) is 3.39. The lowest BCUT2D eigenvalue weighted by Gasteiger charge is -2.36. The third-order valence-corrected chi connectivity index (χ3v) is 3.31. The number of amides is 1. The first-order valence-electron chi connectivity index (χ1n) is 5.36. The molecule has 1 aliphatic rings. The molecule has 4 nitrogen and oxygen atoms in total. The van der Waals surface area contributed by atoms with Gasteiger partial charge in [0, 0.05) is 25.2 Å². The van der Waals surface area contributed by atoms with Gasteiger partial charge in [-0.05, 0) is 35.8 Å². The van der Waals surface area contributed by atoms with E-state index in [0.717, 1.165) is 13.1 Å². The molecular formula is C11H15BrN2O2. The van der Waals surface area contributed by atoms with E-state index in [1.54, 1.807) is 6.07 Å². The van der Waals surface area contributed by atoms with Crippen LogP contribution in [-0.2, 0) is 0 Å². The van der Waals surface area contributed by atoms with Crippen LogP contribution in [-0.4, -0.2) is 36.0 Å². The van der Waals surface area contributed by atoms with E-state index in [0.29, 0.717) is 22.3 Å². The predicted octanol–water partition coefficient (Wildman–Crippen LogP) is 1.86. The highest BCUT2D eigenvalue weighted by atomic mass is 79.9. The van der Waals surface area contributed by atoms with Crippen LogP contribution >= 0.6 is 15.9 Å². The van der Waals surface area contributed by atoms with Crippen LogP contribution in [0.15, 0.2) is 21.4 Å². The van der Waals surface area contributed by atoms with Crippen LogP contribution in [0.1, 0.15) is 24.2 Å². The third kappa shape index (κ3) is 2.30. The van der Waals surface area contributed by atoms with Crippen molar-refractivity contribution in [2.75, 3.05) is 13.1 Å². The van der Waals surface area contributed by atoms with Crippen molar-refractivity contribution in [1.29, 1.82) is 0 Å². The van der Waals surface area contributed by atoms with Crippen molar-refractivity contribution in [3.05, 3.63) is 22.6 Å². The second-order valence-electron chi connectivity index (χ2n) is 4.29. The zero-order valence-corrected chi connectivity index (χ0v) is 11.0.